The molecule has 0 aliphatic heterocycles. The van der Waals surface area contributed by atoms with Crippen LogP contribution >= 0.6 is 11.8 Å². The minimum absolute atomic E-state index is 0.0183. The lowest BCUT2D eigenvalue weighted by Crippen LogP contribution is -2.37. The number of benzene rings is 1. The molecule has 0 fully saturated rings. The molecule has 0 aliphatic rings. The largest absolute Gasteiger partial charge is 0.396 e. The van der Waals surface area contributed by atoms with Gasteiger partial charge in [0.05, 0.1) is 0 Å². The van der Waals surface area contributed by atoms with E-state index in [4.69, 9.17) is 5.11 Å². The lowest BCUT2D eigenvalue weighted by molar-refractivity contribution is 0.0935. The van der Waals surface area contributed by atoms with Gasteiger partial charge in [-0.2, -0.15) is 11.8 Å². The fourth-order valence-electron chi connectivity index (χ4n) is 1.94. The highest BCUT2D eigenvalue weighted by Crippen LogP contribution is 2.22. The van der Waals surface area contributed by atoms with Crippen molar-refractivity contribution in [1.82, 2.24) is 5.32 Å². The monoisotopic (exact) mass is 295 g/mol. The quantitative estimate of drug-likeness (QED) is 0.848. The van der Waals surface area contributed by atoms with Gasteiger partial charge in [-0.15, -0.1) is 0 Å². The number of thioether (sulfide) groups is 1. The van der Waals surface area contributed by atoms with Gasteiger partial charge in [0.2, 0.25) is 0 Å². The molecule has 1 rings (SSSR count). The Kier molecular flexibility index (Phi) is 6.56. The molecule has 0 heterocycles. The smallest absolute Gasteiger partial charge is 0.251 e. The number of amides is 1. The summed E-state index contributed by atoms with van der Waals surface area (Å²) in [6.45, 7) is 6.54. The predicted molar refractivity (Wildman–Crippen MR) is 86.5 cm³/mol. The van der Waals surface area contributed by atoms with Crippen LogP contribution in [0.15, 0.2) is 24.3 Å². The molecule has 2 N–H and O–H groups in total. The van der Waals surface area contributed by atoms with Gasteiger partial charge in [0.1, 0.15) is 0 Å². The number of nitrogens with one attached hydrogen (secondary N) is 1. The van der Waals surface area contributed by atoms with Crippen molar-refractivity contribution in [2.75, 3.05) is 18.6 Å². The minimum Gasteiger partial charge on any atom is -0.396 e. The number of carbonyl (C=O) groups is 1. The van der Waals surface area contributed by atoms with E-state index in [9.17, 15) is 4.79 Å². The molecule has 3 nitrogen and oxygen atoms in total. The molecule has 0 bridgehead atoms. The molecule has 4 heteroatoms. The molecule has 112 valence electrons. The maximum atomic E-state index is 12.2. The third-order valence-electron chi connectivity index (χ3n) is 3.19. The molecule has 0 spiro atoms. The van der Waals surface area contributed by atoms with Gasteiger partial charge < -0.3 is 10.4 Å². The molecular weight excluding hydrogens is 270 g/mol. The zero-order valence-corrected chi connectivity index (χ0v) is 13.6. The lowest BCUT2D eigenvalue weighted by atomic mass is 9.86. The summed E-state index contributed by atoms with van der Waals surface area (Å²) >= 11 is 1.67. The van der Waals surface area contributed by atoms with Gasteiger partial charge in [0.25, 0.3) is 5.91 Å². The Morgan fingerprint density at radius 1 is 1.30 bits per heavy atom. The Labute approximate surface area is 126 Å². The van der Waals surface area contributed by atoms with Gasteiger partial charge >= 0.3 is 0 Å². The van der Waals surface area contributed by atoms with E-state index in [0.29, 0.717) is 12.0 Å². The van der Waals surface area contributed by atoms with E-state index in [-0.39, 0.29) is 24.0 Å². The first-order valence-corrected chi connectivity index (χ1v) is 8.29. The molecule has 1 amide bonds. The molecule has 1 aromatic carbocycles. The van der Waals surface area contributed by atoms with Crippen LogP contribution < -0.4 is 5.32 Å². The first-order valence-electron chi connectivity index (χ1n) is 6.89. The van der Waals surface area contributed by atoms with Crippen LogP contribution in [-0.2, 0) is 5.41 Å². The van der Waals surface area contributed by atoms with E-state index < -0.39 is 0 Å². The first kappa shape index (κ1) is 17.1. The summed E-state index contributed by atoms with van der Waals surface area (Å²) in [5, 5.41) is 12.0. The van der Waals surface area contributed by atoms with Crippen LogP contribution in [0.1, 0.15) is 43.1 Å². The molecular formula is C16H25NO2S. The molecule has 20 heavy (non-hydrogen) atoms. The van der Waals surface area contributed by atoms with Crippen molar-refractivity contribution >= 4 is 17.7 Å². The normalized spacial score (nSPS) is 13.1. The van der Waals surface area contributed by atoms with Crippen molar-refractivity contribution in [2.45, 2.75) is 38.6 Å². The number of hydrogen-bond acceptors (Lipinski definition) is 3. The van der Waals surface area contributed by atoms with Crippen LogP contribution in [0.2, 0.25) is 0 Å². The minimum atomic E-state index is -0.0713. The van der Waals surface area contributed by atoms with Crippen molar-refractivity contribution in [2.24, 2.45) is 0 Å². The molecule has 0 radical (unpaired) electrons. The Balaban J connectivity index is 2.72. The van der Waals surface area contributed by atoms with Gasteiger partial charge in [-0.1, -0.05) is 32.9 Å². The molecule has 1 aromatic rings. The molecule has 0 aliphatic carbocycles. The van der Waals surface area contributed by atoms with Crippen molar-refractivity contribution in [3.05, 3.63) is 35.4 Å². The summed E-state index contributed by atoms with van der Waals surface area (Å²) in [5.41, 5.74) is 1.97. The Morgan fingerprint density at radius 3 is 2.35 bits per heavy atom. The highest BCUT2D eigenvalue weighted by molar-refractivity contribution is 7.98. The second-order valence-electron chi connectivity index (χ2n) is 5.97. The second kappa shape index (κ2) is 7.70. The van der Waals surface area contributed by atoms with Gasteiger partial charge in [-0.3, -0.25) is 4.79 Å². The highest BCUT2D eigenvalue weighted by Gasteiger charge is 2.16. The predicted octanol–water partition coefficient (Wildman–Crippen LogP) is 2.83. The average molecular weight is 295 g/mol. The standard InChI is InChI=1S/C16H25NO2S/c1-16(2,3)13-7-5-12(6-8-13)15(19)17-14(9-10-18)11-20-4/h5-8,14,18H,9-11H2,1-4H3,(H,17,19). The van der Waals surface area contributed by atoms with E-state index in [1.807, 2.05) is 30.5 Å². The number of carbonyl (C=O) groups excluding carboxylic acids is 1. The van der Waals surface area contributed by atoms with E-state index >= 15 is 0 Å². The van der Waals surface area contributed by atoms with Crippen molar-refractivity contribution in [3.63, 3.8) is 0 Å². The number of hydrogen-bond donors (Lipinski definition) is 2. The summed E-state index contributed by atoms with van der Waals surface area (Å²) in [6.07, 6.45) is 2.58. The van der Waals surface area contributed by atoms with E-state index in [1.54, 1.807) is 11.8 Å². The second-order valence-corrected chi connectivity index (χ2v) is 6.88. The van der Waals surface area contributed by atoms with Gasteiger partial charge in [-0.05, 0) is 35.8 Å². The molecule has 0 saturated heterocycles. The summed E-state index contributed by atoms with van der Waals surface area (Å²) in [5.74, 6) is 0.741. The Morgan fingerprint density at radius 2 is 1.90 bits per heavy atom. The van der Waals surface area contributed by atoms with Crippen molar-refractivity contribution in [1.29, 1.82) is 0 Å². The Hall–Kier alpha value is -1.00. The van der Waals surface area contributed by atoms with Crippen molar-refractivity contribution < 1.29 is 9.90 Å². The zero-order chi connectivity index (χ0) is 15.2. The number of rotatable bonds is 6. The van der Waals surface area contributed by atoms with Crippen LogP contribution in [0.4, 0.5) is 0 Å². The Bertz CT molecular complexity index is 417. The summed E-state index contributed by atoms with van der Waals surface area (Å²) in [7, 11) is 0. The van der Waals surface area contributed by atoms with Gasteiger partial charge in [0, 0.05) is 24.0 Å². The molecule has 0 saturated carbocycles. The van der Waals surface area contributed by atoms with E-state index in [2.05, 4.69) is 26.1 Å². The third-order valence-corrected chi connectivity index (χ3v) is 3.93. The number of aliphatic hydroxyl groups excluding tert-OH is 1. The van der Waals surface area contributed by atoms with Crippen LogP contribution in [0, 0.1) is 0 Å². The average Bonchev–Trinajstić information content (AvgIpc) is 2.38. The maximum absolute atomic E-state index is 12.2. The molecule has 1 unspecified atom stereocenters. The maximum Gasteiger partial charge on any atom is 0.251 e. The zero-order valence-electron chi connectivity index (χ0n) is 12.8. The van der Waals surface area contributed by atoms with Gasteiger partial charge in [0.15, 0.2) is 0 Å². The topological polar surface area (TPSA) is 49.3 Å². The third kappa shape index (κ3) is 5.17. The SMILES string of the molecule is CSCC(CCO)NC(=O)c1ccc(C(C)(C)C)cc1. The van der Waals surface area contributed by atoms with E-state index in [0.717, 1.165) is 5.75 Å². The highest BCUT2D eigenvalue weighted by atomic mass is 32.2. The fraction of sp³-hybridized carbons (Fsp3) is 0.562. The van der Waals surface area contributed by atoms with Crippen LogP contribution in [0.25, 0.3) is 0 Å². The fourth-order valence-corrected chi connectivity index (χ4v) is 2.60. The van der Waals surface area contributed by atoms with E-state index in [1.165, 1.54) is 5.56 Å². The van der Waals surface area contributed by atoms with Crippen LogP contribution in [0.3, 0.4) is 0 Å². The van der Waals surface area contributed by atoms with Gasteiger partial charge in [-0.25, -0.2) is 0 Å². The summed E-state index contributed by atoms with van der Waals surface area (Å²) in [4.78, 5) is 12.2. The lowest BCUT2D eigenvalue weighted by Gasteiger charge is -2.20. The van der Waals surface area contributed by atoms with Crippen molar-refractivity contribution in [3.8, 4) is 0 Å². The molecule has 1 atom stereocenters. The summed E-state index contributed by atoms with van der Waals surface area (Å²) < 4.78 is 0. The molecule has 0 aromatic heterocycles. The number of aliphatic hydroxyl groups is 1. The summed E-state index contributed by atoms with van der Waals surface area (Å²) in [6, 6.07) is 7.76. The first-order chi connectivity index (χ1) is 9.38. The van der Waals surface area contributed by atoms with Crippen LogP contribution in [0.5, 0.6) is 0 Å². The van der Waals surface area contributed by atoms with Crippen LogP contribution in [-0.4, -0.2) is 35.7 Å².